The predicted molar refractivity (Wildman–Crippen MR) is 86.2 cm³/mol. The number of aromatic nitrogens is 1. The van der Waals surface area contributed by atoms with Crippen molar-refractivity contribution in [2.75, 3.05) is 11.4 Å². The molecule has 0 aliphatic carbocycles. The van der Waals surface area contributed by atoms with Crippen LogP contribution < -0.4 is 10.2 Å². The number of aryl methyl sites for hydroxylation is 1. The average molecular weight is 275 g/mol. The third-order valence-corrected chi connectivity index (χ3v) is 4.09. The van der Waals surface area contributed by atoms with Gasteiger partial charge in [-0.1, -0.05) is 0 Å². The molecular formula is C17H29N3. The fraction of sp³-hybridized carbons (Fsp3) is 0.706. The van der Waals surface area contributed by atoms with E-state index >= 15 is 0 Å². The fourth-order valence-corrected chi connectivity index (χ4v) is 2.87. The third-order valence-electron chi connectivity index (χ3n) is 4.09. The van der Waals surface area contributed by atoms with Crippen molar-refractivity contribution in [3.05, 3.63) is 23.4 Å². The van der Waals surface area contributed by atoms with Crippen molar-refractivity contribution in [1.29, 1.82) is 0 Å². The van der Waals surface area contributed by atoms with Gasteiger partial charge in [0.25, 0.3) is 0 Å². The van der Waals surface area contributed by atoms with E-state index in [4.69, 9.17) is 4.98 Å². The maximum Gasteiger partial charge on any atom is 0.131 e. The zero-order chi connectivity index (χ0) is 15.0. The molecule has 3 heteroatoms. The summed E-state index contributed by atoms with van der Waals surface area (Å²) in [6.07, 6.45) is 4.54. The number of nitrogens with one attached hydrogen (secondary N) is 1. The molecule has 1 aromatic heterocycles. The highest BCUT2D eigenvalue weighted by molar-refractivity contribution is 5.50. The van der Waals surface area contributed by atoms with E-state index in [-0.39, 0.29) is 11.1 Å². The Hall–Kier alpha value is -1.09. The lowest BCUT2D eigenvalue weighted by Gasteiger charge is -2.33. The lowest BCUT2D eigenvalue weighted by Crippen LogP contribution is -2.39. The molecule has 0 bridgehead atoms. The first-order valence-corrected chi connectivity index (χ1v) is 7.67. The quantitative estimate of drug-likeness (QED) is 0.912. The molecule has 0 spiro atoms. The fourth-order valence-electron chi connectivity index (χ4n) is 2.87. The van der Waals surface area contributed by atoms with Gasteiger partial charge >= 0.3 is 0 Å². The highest BCUT2D eigenvalue weighted by Gasteiger charge is 2.33. The van der Waals surface area contributed by atoms with Crippen LogP contribution in [0.25, 0.3) is 0 Å². The Labute approximate surface area is 123 Å². The van der Waals surface area contributed by atoms with Crippen LogP contribution in [0.2, 0.25) is 0 Å². The van der Waals surface area contributed by atoms with Crippen LogP contribution in [-0.2, 0) is 6.54 Å². The predicted octanol–water partition coefficient (Wildman–Crippen LogP) is 3.66. The maximum absolute atomic E-state index is 4.74. The van der Waals surface area contributed by atoms with Gasteiger partial charge in [-0.25, -0.2) is 4.98 Å². The molecule has 2 rings (SSSR count). The smallest absolute Gasteiger partial charge is 0.131 e. The van der Waals surface area contributed by atoms with Crippen molar-refractivity contribution < 1.29 is 0 Å². The standard InChI is InChI=1S/C17H29N3/c1-13-10-14(12-19-16(2,3)4)11-18-15(13)20-9-7-8-17(20,5)6/h10-11,19H,7-9,12H2,1-6H3. The van der Waals surface area contributed by atoms with E-state index in [9.17, 15) is 0 Å². The Morgan fingerprint density at radius 1 is 1.35 bits per heavy atom. The van der Waals surface area contributed by atoms with Gasteiger partial charge in [-0.15, -0.1) is 0 Å². The first-order chi connectivity index (χ1) is 9.19. The first-order valence-electron chi connectivity index (χ1n) is 7.67. The lowest BCUT2D eigenvalue weighted by molar-refractivity contribution is 0.424. The lowest BCUT2D eigenvalue weighted by atomic mass is 10.0. The molecule has 2 heterocycles. The molecule has 0 atom stereocenters. The molecule has 0 unspecified atom stereocenters. The minimum atomic E-state index is 0.142. The van der Waals surface area contributed by atoms with Gasteiger partial charge in [0.05, 0.1) is 0 Å². The van der Waals surface area contributed by atoms with Crippen LogP contribution in [0.4, 0.5) is 5.82 Å². The summed E-state index contributed by atoms with van der Waals surface area (Å²) in [6, 6.07) is 2.27. The van der Waals surface area contributed by atoms with Crippen molar-refractivity contribution in [1.82, 2.24) is 10.3 Å². The highest BCUT2D eigenvalue weighted by atomic mass is 15.3. The van der Waals surface area contributed by atoms with Crippen LogP contribution in [0.15, 0.2) is 12.3 Å². The Balaban J connectivity index is 2.14. The van der Waals surface area contributed by atoms with E-state index in [1.165, 1.54) is 24.0 Å². The molecule has 1 saturated heterocycles. The normalized spacial score (nSPS) is 18.6. The Kier molecular flexibility index (Phi) is 4.10. The van der Waals surface area contributed by atoms with Gasteiger partial charge in [0.2, 0.25) is 0 Å². The van der Waals surface area contributed by atoms with Crippen LogP contribution in [0.5, 0.6) is 0 Å². The van der Waals surface area contributed by atoms with Crippen LogP contribution in [0.3, 0.4) is 0 Å². The summed E-state index contributed by atoms with van der Waals surface area (Å²) in [7, 11) is 0. The Morgan fingerprint density at radius 3 is 2.55 bits per heavy atom. The van der Waals surface area contributed by atoms with Crippen LogP contribution in [0, 0.1) is 6.92 Å². The number of hydrogen-bond acceptors (Lipinski definition) is 3. The molecule has 0 aromatic carbocycles. The van der Waals surface area contributed by atoms with Gasteiger partial charge in [0.15, 0.2) is 0 Å². The minimum Gasteiger partial charge on any atom is -0.351 e. The molecule has 0 saturated carbocycles. The first kappa shape index (κ1) is 15.3. The highest BCUT2D eigenvalue weighted by Crippen LogP contribution is 2.34. The molecule has 1 N–H and O–H groups in total. The van der Waals surface area contributed by atoms with Gasteiger partial charge < -0.3 is 10.2 Å². The topological polar surface area (TPSA) is 28.2 Å². The Bertz CT molecular complexity index is 472. The molecule has 0 radical (unpaired) electrons. The molecule has 1 aromatic rings. The number of nitrogens with zero attached hydrogens (tertiary/aromatic N) is 2. The summed E-state index contributed by atoms with van der Waals surface area (Å²) in [4.78, 5) is 7.20. The summed E-state index contributed by atoms with van der Waals surface area (Å²) in [6.45, 7) is 15.4. The SMILES string of the molecule is Cc1cc(CNC(C)(C)C)cnc1N1CCCC1(C)C. The summed E-state index contributed by atoms with van der Waals surface area (Å²) < 4.78 is 0. The summed E-state index contributed by atoms with van der Waals surface area (Å²) in [5.41, 5.74) is 2.93. The van der Waals surface area contributed by atoms with E-state index in [1.807, 2.05) is 6.20 Å². The van der Waals surface area contributed by atoms with Crippen LogP contribution >= 0.6 is 0 Å². The molecule has 3 nitrogen and oxygen atoms in total. The third kappa shape index (κ3) is 3.51. The van der Waals surface area contributed by atoms with Gasteiger partial charge in [0, 0.05) is 30.4 Å². The van der Waals surface area contributed by atoms with Gasteiger partial charge in [-0.05, 0) is 71.6 Å². The second kappa shape index (κ2) is 5.36. The van der Waals surface area contributed by atoms with E-state index in [0.717, 1.165) is 18.9 Å². The largest absolute Gasteiger partial charge is 0.351 e. The van der Waals surface area contributed by atoms with Gasteiger partial charge in [-0.3, -0.25) is 0 Å². The summed E-state index contributed by atoms with van der Waals surface area (Å²) in [5, 5.41) is 3.52. The molecule has 112 valence electrons. The van der Waals surface area contributed by atoms with E-state index in [1.54, 1.807) is 0 Å². The van der Waals surface area contributed by atoms with E-state index in [0.29, 0.717) is 0 Å². The molecule has 1 aliphatic rings. The monoisotopic (exact) mass is 275 g/mol. The molecule has 1 fully saturated rings. The zero-order valence-corrected chi connectivity index (χ0v) is 13.9. The molecule has 0 amide bonds. The van der Waals surface area contributed by atoms with Crippen LogP contribution in [-0.4, -0.2) is 22.6 Å². The number of hydrogen-bond donors (Lipinski definition) is 1. The molecular weight excluding hydrogens is 246 g/mol. The number of rotatable bonds is 3. The summed E-state index contributed by atoms with van der Waals surface area (Å²) in [5.74, 6) is 1.16. The van der Waals surface area contributed by atoms with E-state index in [2.05, 4.69) is 57.8 Å². The van der Waals surface area contributed by atoms with Crippen molar-refractivity contribution in [3.63, 3.8) is 0 Å². The van der Waals surface area contributed by atoms with E-state index < -0.39 is 0 Å². The number of anilines is 1. The second-order valence-electron chi connectivity index (χ2n) is 7.66. The van der Waals surface area contributed by atoms with Crippen molar-refractivity contribution >= 4 is 5.82 Å². The average Bonchev–Trinajstić information content (AvgIpc) is 2.66. The molecule has 1 aliphatic heterocycles. The van der Waals surface area contributed by atoms with Gasteiger partial charge in [0.1, 0.15) is 5.82 Å². The maximum atomic E-state index is 4.74. The Morgan fingerprint density at radius 2 is 2.05 bits per heavy atom. The van der Waals surface area contributed by atoms with Gasteiger partial charge in [-0.2, -0.15) is 0 Å². The minimum absolute atomic E-state index is 0.142. The zero-order valence-electron chi connectivity index (χ0n) is 13.9. The number of pyridine rings is 1. The summed E-state index contributed by atoms with van der Waals surface area (Å²) >= 11 is 0. The van der Waals surface area contributed by atoms with Crippen molar-refractivity contribution in [2.24, 2.45) is 0 Å². The van der Waals surface area contributed by atoms with Crippen LogP contribution in [0.1, 0.15) is 58.6 Å². The molecule has 20 heavy (non-hydrogen) atoms. The van der Waals surface area contributed by atoms with Crippen molar-refractivity contribution in [2.45, 2.75) is 72.0 Å². The second-order valence-corrected chi connectivity index (χ2v) is 7.66. The van der Waals surface area contributed by atoms with Crippen molar-refractivity contribution in [3.8, 4) is 0 Å².